The molecule has 1 unspecified atom stereocenters. The van der Waals surface area contributed by atoms with Crippen LogP contribution in [0.25, 0.3) is 0 Å². The van der Waals surface area contributed by atoms with Crippen molar-refractivity contribution in [3.63, 3.8) is 0 Å². The largest absolute Gasteiger partial charge is 0.396 e. The Balaban J connectivity index is 2.40. The van der Waals surface area contributed by atoms with Crippen LogP contribution in [0.4, 0.5) is 0 Å². The highest BCUT2D eigenvalue weighted by molar-refractivity contribution is 6.35. The van der Waals surface area contributed by atoms with Gasteiger partial charge in [-0.05, 0) is 43.5 Å². The van der Waals surface area contributed by atoms with Gasteiger partial charge >= 0.3 is 0 Å². The van der Waals surface area contributed by atoms with Crippen molar-refractivity contribution in [1.29, 1.82) is 0 Å². The molecule has 108 valence electrons. The molecule has 1 aromatic carbocycles. The van der Waals surface area contributed by atoms with Crippen LogP contribution >= 0.6 is 23.2 Å². The van der Waals surface area contributed by atoms with Gasteiger partial charge in [0.25, 0.3) is 0 Å². The zero-order chi connectivity index (χ0) is 14.1. The molecule has 1 aromatic rings. The molecular weight excluding hydrogens is 281 g/mol. The highest BCUT2D eigenvalue weighted by atomic mass is 35.5. The summed E-state index contributed by atoms with van der Waals surface area (Å²) in [6.07, 6.45) is 5.27. The zero-order valence-corrected chi connectivity index (χ0v) is 13.0. The van der Waals surface area contributed by atoms with E-state index >= 15 is 0 Å². The van der Waals surface area contributed by atoms with Crippen LogP contribution in [0.1, 0.15) is 50.6 Å². The van der Waals surface area contributed by atoms with Gasteiger partial charge in [-0.15, -0.1) is 0 Å². The van der Waals surface area contributed by atoms with E-state index < -0.39 is 0 Å². The quantitative estimate of drug-likeness (QED) is 0.654. The van der Waals surface area contributed by atoms with Gasteiger partial charge in [0.05, 0.1) is 0 Å². The predicted molar refractivity (Wildman–Crippen MR) is 83.1 cm³/mol. The number of benzene rings is 1. The van der Waals surface area contributed by atoms with E-state index in [9.17, 15) is 0 Å². The molecule has 0 heterocycles. The van der Waals surface area contributed by atoms with E-state index in [1.807, 2.05) is 12.1 Å². The Morgan fingerprint density at radius 1 is 1.16 bits per heavy atom. The minimum Gasteiger partial charge on any atom is -0.396 e. The van der Waals surface area contributed by atoms with E-state index in [4.69, 9.17) is 28.3 Å². The lowest BCUT2D eigenvalue weighted by atomic mass is 10.0. The Labute approximate surface area is 126 Å². The van der Waals surface area contributed by atoms with Crippen LogP contribution in [-0.4, -0.2) is 18.3 Å². The van der Waals surface area contributed by atoms with Crippen LogP contribution in [0.5, 0.6) is 0 Å². The van der Waals surface area contributed by atoms with Crippen molar-refractivity contribution in [2.45, 2.75) is 45.1 Å². The third-order valence-corrected chi connectivity index (χ3v) is 3.78. The van der Waals surface area contributed by atoms with E-state index in [0.717, 1.165) is 49.2 Å². The van der Waals surface area contributed by atoms with Gasteiger partial charge in [-0.2, -0.15) is 0 Å². The topological polar surface area (TPSA) is 32.3 Å². The summed E-state index contributed by atoms with van der Waals surface area (Å²) in [6.45, 7) is 3.42. The minimum absolute atomic E-state index is 0.280. The summed E-state index contributed by atoms with van der Waals surface area (Å²) in [4.78, 5) is 0. The van der Waals surface area contributed by atoms with Gasteiger partial charge in [0.1, 0.15) is 0 Å². The second kappa shape index (κ2) is 9.60. The van der Waals surface area contributed by atoms with Crippen molar-refractivity contribution in [2.75, 3.05) is 13.2 Å². The molecule has 0 spiro atoms. The maximum absolute atomic E-state index is 8.71. The molecule has 0 saturated carbocycles. The van der Waals surface area contributed by atoms with E-state index in [1.54, 1.807) is 6.07 Å². The second-order valence-corrected chi connectivity index (χ2v) is 5.56. The highest BCUT2D eigenvalue weighted by Crippen LogP contribution is 2.27. The number of aliphatic hydroxyl groups excluding tert-OH is 1. The molecule has 0 aliphatic carbocycles. The molecule has 0 radical (unpaired) electrons. The van der Waals surface area contributed by atoms with Crippen LogP contribution in [0.2, 0.25) is 10.0 Å². The SMILES string of the molecule is CCC(NCCCCCCO)c1ccc(Cl)cc1Cl. The molecule has 0 bridgehead atoms. The summed E-state index contributed by atoms with van der Waals surface area (Å²) in [7, 11) is 0. The van der Waals surface area contributed by atoms with Gasteiger partial charge in [-0.1, -0.05) is 49.0 Å². The monoisotopic (exact) mass is 303 g/mol. The van der Waals surface area contributed by atoms with Gasteiger partial charge < -0.3 is 10.4 Å². The van der Waals surface area contributed by atoms with Crippen molar-refractivity contribution in [2.24, 2.45) is 0 Å². The van der Waals surface area contributed by atoms with Gasteiger partial charge in [-0.25, -0.2) is 0 Å². The molecule has 0 fully saturated rings. The fourth-order valence-electron chi connectivity index (χ4n) is 2.12. The number of rotatable bonds is 9. The lowest BCUT2D eigenvalue weighted by molar-refractivity contribution is 0.282. The van der Waals surface area contributed by atoms with Crippen molar-refractivity contribution in [3.8, 4) is 0 Å². The molecule has 1 rings (SSSR count). The Kier molecular flexibility index (Phi) is 8.47. The fourth-order valence-corrected chi connectivity index (χ4v) is 2.67. The van der Waals surface area contributed by atoms with Gasteiger partial charge in [0.2, 0.25) is 0 Å². The second-order valence-electron chi connectivity index (χ2n) is 4.72. The lowest BCUT2D eigenvalue weighted by Crippen LogP contribution is -2.22. The standard InChI is InChI=1S/C15H23Cl2NO/c1-2-15(18-9-5-3-4-6-10-19)13-8-7-12(16)11-14(13)17/h7-8,11,15,18-19H,2-6,9-10H2,1H3. The fraction of sp³-hybridized carbons (Fsp3) is 0.600. The third kappa shape index (κ3) is 6.13. The molecule has 0 aromatic heterocycles. The van der Waals surface area contributed by atoms with Crippen molar-refractivity contribution in [3.05, 3.63) is 33.8 Å². The lowest BCUT2D eigenvalue weighted by Gasteiger charge is -2.19. The van der Waals surface area contributed by atoms with E-state index in [-0.39, 0.29) is 6.04 Å². The first-order chi connectivity index (χ1) is 9.19. The molecule has 4 heteroatoms. The summed E-state index contributed by atoms with van der Waals surface area (Å²) in [5.41, 5.74) is 1.11. The first-order valence-electron chi connectivity index (χ1n) is 6.98. The maximum Gasteiger partial charge on any atom is 0.0468 e. The van der Waals surface area contributed by atoms with E-state index in [0.29, 0.717) is 11.6 Å². The van der Waals surface area contributed by atoms with Gasteiger partial charge in [-0.3, -0.25) is 0 Å². The summed E-state index contributed by atoms with van der Waals surface area (Å²) in [5.74, 6) is 0. The van der Waals surface area contributed by atoms with Gasteiger partial charge in [0.15, 0.2) is 0 Å². The number of hydrogen-bond acceptors (Lipinski definition) is 2. The normalized spacial score (nSPS) is 12.6. The average Bonchev–Trinajstić information content (AvgIpc) is 2.39. The maximum atomic E-state index is 8.71. The molecule has 0 aliphatic heterocycles. The zero-order valence-electron chi connectivity index (χ0n) is 11.5. The van der Waals surface area contributed by atoms with E-state index in [2.05, 4.69) is 12.2 Å². The Morgan fingerprint density at radius 3 is 2.53 bits per heavy atom. The van der Waals surface area contributed by atoms with Crippen LogP contribution in [0.3, 0.4) is 0 Å². The summed E-state index contributed by atoms with van der Waals surface area (Å²) >= 11 is 12.1. The number of halogens is 2. The molecule has 2 nitrogen and oxygen atoms in total. The highest BCUT2D eigenvalue weighted by Gasteiger charge is 2.12. The smallest absolute Gasteiger partial charge is 0.0468 e. The molecule has 0 amide bonds. The Morgan fingerprint density at radius 2 is 1.89 bits per heavy atom. The van der Waals surface area contributed by atoms with Gasteiger partial charge in [0, 0.05) is 22.7 Å². The van der Waals surface area contributed by atoms with Crippen LogP contribution in [0.15, 0.2) is 18.2 Å². The number of aliphatic hydroxyl groups is 1. The molecular formula is C15H23Cl2NO. The number of nitrogens with one attached hydrogen (secondary N) is 1. The van der Waals surface area contributed by atoms with E-state index in [1.165, 1.54) is 0 Å². The average molecular weight is 304 g/mol. The first kappa shape index (κ1) is 16.8. The summed E-state index contributed by atoms with van der Waals surface area (Å²) in [5, 5.41) is 13.6. The molecule has 0 aliphatic rings. The first-order valence-corrected chi connectivity index (χ1v) is 7.73. The van der Waals surface area contributed by atoms with Crippen molar-refractivity contribution < 1.29 is 5.11 Å². The Hall–Kier alpha value is -0.280. The number of unbranched alkanes of at least 4 members (excludes halogenated alkanes) is 3. The number of hydrogen-bond donors (Lipinski definition) is 2. The van der Waals surface area contributed by atoms with Crippen LogP contribution in [0, 0.1) is 0 Å². The summed E-state index contributed by atoms with van der Waals surface area (Å²) < 4.78 is 0. The molecule has 1 atom stereocenters. The molecule has 0 saturated heterocycles. The molecule has 19 heavy (non-hydrogen) atoms. The van der Waals surface area contributed by atoms with Crippen molar-refractivity contribution >= 4 is 23.2 Å². The molecule has 2 N–H and O–H groups in total. The van der Waals surface area contributed by atoms with Crippen molar-refractivity contribution in [1.82, 2.24) is 5.32 Å². The predicted octanol–water partition coefficient (Wildman–Crippen LogP) is 4.59. The Bertz CT molecular complexity index is 371. The minimum atomic E-state index is 0.280. The van der Waals surface area contributed by atoms with Crippen LogP contribution in [-0.2, 0) is 0 Å². The summed E-state index contributed by atoms with van der Waals surface area (Å²) in [6, 6.07) is 5.96. The van der Waals surface area contributed by atoms with Crippen LogP contribution < -0.4 is 5.32 Å². The third-order valence-electron chi connectivity index (χ3n) is 3.22.